The van der Waals surface area contributed by atoms with E-state index < -0.39 is 0 Å². The molecule has 5 rings (SSSR count). The molecule has 0 aliphatic carbocycles. The summed E-state index contributed by atoms with van der Waals surface area (Å²) < 4.78 is 11.1. The number of ether oxygens (including phenoxy) is 1. The van der Waals surface area contributed by atoms with Gasteiger partial charge in [-0.25, -0.2) is 4.79 Å². The zero-order valence-corrected chi connectivity index (χ0v) is 17.6. The van der Waals surface area contributed by atoms with Crippen molar-refractivity contribution in [1.82, 2.24) is 18.9 Å². The quantitative estimate of drug-likeness (QED) is 0.457. The third-order valence-electron chi connectivity index (χ3n) is 5.81. The average Bonchev–Trinajstić information content (AvgIpc) is 3.38. The highest BCUT2D eigenvalue weighted by molar-refractivity contribution is 5.87. The Hall–Kier alpha value is -3.12. The van der Waals surface area contributed by atoms with Crippen molar-refractivity contribution in [3.8, 4) is 22.4 Å². The largest absolute Gasteiger partial charge is 0.371 e. The molecule has 1 fully saturated rings. The normalized spacial score (nSPS) is 15.8. The lowest BCUT2D eigenvalue weighted by Gasteiger charge is -2.06. The summed E-state index contributed by atoms with van der Waals surface area (Å²) >= 11 is 0. The Morgan fingerprint density at radius 1 is 1.03 bits per heavy atom. The number of hydrogen-bond donors (Lipinski definition) is 0. The highest BCUT2D eigenvalue weighted by Crippen LogP contribution is 2.33. The molecule has 4 aromatic rings. The Bertz CT molecular complexity index is 1290. The number of aromatic nitrogens is 4. The van der Waals surface area contributed by atoms with Crippen molar-refractivity contribution in [2.24, 2.45) is 0 Å². The van der Waals surface area contributed by atoms with Crippen LogP contribution in [0.5, 0.6) is 0 Å². The molecule has 0 bridgehead atoms. The topological polar surface area (TPSA) is 57.3 Å². The van der Waals surface area contributed by atoms with Gasteiger partial charge in [-0.1, -0.05) is 29.8 Å². The summed E-state index contributed by atoms with van der Waals surface area (Å²) in [6, 6.07) is 14.7. The van der Waals surface area contributed by atoms with Gasteiger partial charge in [0, 0.05) is 30.4 Å². The van der Waals surface area contributed by atoms with Gasteiger partial charge in [0.15, 0.2) is 0 Å². The first-order valence-electron chi connectivity index (χ1n) is 10.6. The SMILES string of the molecule is CCn1c(=O)n(CC)c2cc(-c3cn(CC4CO4)nc3-c3cccc(C)c3)ccc21. The van der Waals surface area contributed by atoms with E-state index in [2.05, 4.69) is 55.6 Å². The van der Waals surface area contributed by atoms with Gasteiger partial charge in [0.2, 0.25) is 0 Å². The first-order valence-corrected chi connectivity index (χ1v) is 10.6. The molecule has 1 aliphatic rings. The van der Waals surface area contributed by atoms with Crippen molar-refractivity contribution < 1.29 is 4.74 Å². The van der Waals surface area contributed by atoms with Crippen LogP contribution >= 0.6 is 0 Å². The Balaban J connectivity index is 1.70. The summed E-state index contributed by atoms with van der Waals surface area (Å²) in [6.07, 6.45) is 2.36. The molecule has 0 N–H and O–H groups in total. The predicted octanol–water partition coefficient (Wildman–Crippen LogP) is 4.08. The van der Waals surface area contributed by atoms with E-state index in [1.54, 1.807) is 0 Å². The lowest BCUT2D eigenvalue weighted by Crippen LogP contribution is -2.22. The van der Waals surface area contributed by atoms with Gasteiger partial charge in [0.1, 0.15) is 11.8 Å². The fourth-order valence-electron chi connectivity index (χ4n) is 4.21. The monoisotopic (exact) mass is 402 g/mol. The van der Waals surface area contributed by atoms with Crippen molar-refractivity contribution >= 4 is 11.0 Å². The van der Waals surface area contributed by atoms with Crippen LogP contribution in [0, 0.1) is 6.92 Å². The predicted molar refractivity (Wildman–Crippen MR) is 119 cm³/mol. The van der Waals surface area contributed by atoms with Crippen LogP contribution in [0.2, 0.25) is 0 Å². The van der Waals surface area contributed by atoms with Crippen LogP contribution in [0.4, 0.5) is 0 Å². The van der Waals surface area contributed by atoms with E-state index in [4.69, 9.17) is 9.84 Å². The average molecular weight is 402 g/mol. The molecule has 0 spiro atoms. The molecule has 1 atom stereocenters. The molecule has 0 saturated carbocycles. The van der Waals surface area contributed by atoms with Crippen LogP contribution in [0.15, 0.2) is 53.5 Å². The minimum atomic E-state index is 0.0487. The van der Waals surface area contributed by atoms with Gasteiger partial charge in [-0.3, -0.25) is 13.8 Å². The van der Waals surface area contributed by atoms with Crippen molar-refractivity contribution in [3.05, 3.63) is 64.7 Å². The molecule has 6 heteroatoms. The highest BCUT2D eigenvalue weighted by Gasteiger charge is 2.25. The zero-order valence-electron chi connectivity index (χ0n) is 17.6. The molecule has 2 aromatic carbocycles. The van der Waals surface area contributed by atoms with Gasteiger partial charge in [0.25, 0.3) is 0 Å². The minimum Gasteiger partial charge on any atom is -0.371 e. The number of fused-ring (bicyclic) bond motifs is 1. The number of aryl methyl sites for hydroxylation is 3. The summed E-state index contributed by atoms with van der Waals surface area (Å²) in [5.41, 5.74) is 7.39. The second-order valence-corrected chi connectivity index (χ2v) is 7.91. The second kappa shape index (κ2) is 7.29. The molecule has 0 amide bonds. The maximum absolute atomic E-state index is 12.8. The van der Waals surface area contributed by atoms with Gasteiger partial charge in [0.05, 0.1) is 24.2 Å². The van der Waals surface area contributed by atoms with E-state index in [0.29, 0.717) is 13.1 Å². The van der Waals surface area contributed by atoms with Crippen LogP contribution in [0.1, 0.15) is 19.4 Å². The second-order valence-electron chi connectivity index (χ2n) is 7.91. The molecule has 30 heavy (non-hydrogen) atoms. The summed E-state index contributed by atoms with van der Waals surface area (Å²) in [7, 11) is 0. The van der Waals surface area contributed by atoms with Gasteiger partial charge in [-0.15, -0.1) is 0 Å². The van der Waals surface area contributed by atoms with E-state index in [1.165, 1.54) is 5.56 Å². The van der Waals surface area contributed by atoms with E-state index >= 15 is 0 Å². The maximum Gasteiger partial charge on any atom is 0.329 e. The number of benzene rings is 2. The Labute approximate surface area is 175 Å². The molecule has 6 nitrogen and oxygen atoms in total. The molecule has 1 saturated heterocycles. The lowest BCUT2D eigenvalue weighted by atomic mass is 10.0. The minimum absolute atomic E-state index is 0.0487. The van der Waals surface area contributed by atoms with Crippen LogP contribution in [0.25, 0.3) is 33.4 Å². The Morgan fingerprint density at radius 2 is 1.80 bits per heavy atom. The molecule has 3 heterocycles. The summed E-state index contributed by atoms with van der Waals surface area (Å²) in [5.74, 6) is 0. The zero-order chi connectivity index (χ0) is 20.8. The van der Waals surface area contributed by atoms with E-state index in [1.807, 2.05) is 27.7 Å². The van der Waals surface area contributed by atoms with Gasteiger partial charge >= 0.3 is 5.69 Å². The van der Waals surface area contributed by atoms with Crippen LogP contribution < -0.4 is 5.69 Å². The van der Waals surface area contributed by atoms with Crippen molar-refractivity contribution in [2.45, 2.75) is 46.5 Å². The lowest BCUT2D eigenvalue weighted by molar-refractivity contribution is 0.374. The molecule has 154 valence electrons. The fourth-order valence-corrected chi connectivity index (χ4v) is 4.21. The van der Waals surface area contributed by atoms with Crippen LogP contribution in [0.3, 0.4) is 0 Å². The molecule has 2 aromatic heterocycles. The number of rotatable bonds is 6. The summed E-state index contributed by atoms with van der Waals surface area (Å²) in [6.45, 7) is 8.98. The highest BCUT2D eigenvalue weighted by atomic mass is 16.6. The molecular formula is C24H26N4O2. The van der Waals surface area contributed by atoms with Gasteiger partial charge < -0.3 is 4.74 Å². The molecule has 0 radical (unpaired) electrons. The van der Waals surface area contributed by atoms with E-state index in [-0.39, 0.29) is 11.8 Å². The number of nitrogens with zero attached hydrogens (tertiary/aromatic N) is 4. The van der Waals surface area contributed by atoms with Crippen molar-refractivity contribution in [3.63, 3.8) is 0 Å². The first kappa shape index (κ1) is 18.9. The van der Waals surface area contributed by atoms with E-state index in [9.17, 15) is 4.79 Å². The molecule has 1 aliphatic heterocycles. The fraction of sp³-hybridized carbons (Fsp3) is 0.333. The standard InChI is InChI=1S/C24H26N4O2/c1-4-27-21-10-9-17(12-22(21)28(5-2)24(27)29)20-14-26(13-19-15-30-19)25-23(20)18-8-6-7-16(3)11-18/h6-12,14,19H,4-5,13,15H2,1-3H3. The number of imidazole rings is 1. The smallest absolute Gasteiger partial charge is 0.329 e. The summed E-state index contributed by atoms with van der Waals surface area (Å²) in [4.78, 5) is 12.8. The Morgan fingerprint density at radius 3 is 2.50 bits per heavy atom. The van der Waals surface area contributed by atoms with Gasteiger partial charge in [-0.2, -0.15) is 5.10 Å². The third kappa shape index (κ3) is 3.17. The third-order valence-corrected chi connectivity index (χ3v) is 5.81. The number of epoxide rings is 1. The van der Waals surface area contributed by atoms with Gasteiger partial charge in [-0.05, 0) is 44.5 Å². The summed E-state index contributed by atoms with van der Waals surface area (Å²) in [5, 5.41) is 4.90. The van der Waals surface area contributed by atoms with E-state index in [0.717, 1.165) is 46.6 Å². The van der Waals surface area contributed by atoms with Crippen LogP contribution in [-0.4, -0.2) is 31.6 Å². The first-order chi connectivity index (χ1) is 14.6. The van der Waals surface area contributed by atoms with Crippen LogP contribution in [-0.2, 0) is 24.4 Å². The molecule has 1 unspecified atom stereocenters. The van der Waals surface area contributed by atoms with Crippen molar-refractivity contribution in [1.29, 1.82) is 0 Å². The number of hydrogen-bond acceptors (Lipinski definition) is 3. The molecular weight excluding hydrogens is 376 g/mol. The maximum atomic E-state index is 12.8. The Kier molecular flexibility index (Phi) is 4.59. The van der Waals surface area contributed by atoms with Crippen molar-refractivity contribution in [2.75, 3.05) is 6.61 Å².